The molecule has 0 aliphatic heterocycles. The number of nitrogens with one attached hydrogen (secondary N) is 1. The van der Waals surface area contributed by atoms with Gasteiger partial charge in [0.1, 0.15) is 10.8 Å². The summed E-state index contributed by atoms with van der Waals surface area (Å²) in [6.07, 6.45) is 3.49. The third-order valence-electron chi connectivity index (χ3n) is 3.52. The molecule has 114 valence electrons. The summed E-state index contributed by atoms with van der Waals surface area (Å²) in [5.41, 5.74) is 0.890. The predicted molar refractivity (Wildman–Crippen MR) is 79.9 cm³/mol. The smallest absolute Gasteiger partial charge is 0.387 e. The van der Waals surface area contributed by atoms with E-state index in [9.17, 15) is 8.78 Å². The fourth-order valence-corrected chi connectivity index (χ4v) is 2.90. The van der Waals surface area contributed by atoms with E-state index < -0.39 is 6.61 Å². The molecule has 1 aromatic carbocycles. The summed E-state index contributed by atoms with van der Waals surface area (Å²) in [5.74, 6) is 0.185. The number of benzene rings is 1. The van der Waals surface area contributed by atoms with Crippen LogP contribution in [0.1, 0.15) is 23.9 Å². The summed E-state index contributed by atoms with van der Waals surface area (Å²) in [6, 6.07) is 6.77. The van der Waals surface area contributed by atoms with Crippen LogP contribution >= 0.6 is 11.3 Å². The molecule has 1 heterocycles. The molecular formula is C15H18F2N2OS. The lowest BCUT2D eigenvalue weighted by atomic mass is 9.94. The molecule has 0 spiro atoms. The number of aryl methyl sites for hydroxylation is 1. The predicted octanol–water partition coefficient (Wildman–Crippen LogP) is 3.81. The van der Waals surface area contributed by atoms with Gasteiger partial charge in [-0.25, -0.2) is 4.98 Å². The Morgan fingerprint density at radius 1 is 1.33 bits per heavy atom. The molecule has 0 radical (unpaired) electrons. The first-order chi connectivity index (χ1) is 10.0. The summed E-state index contributed by atoms with van der Waals surface area (Å²) in [7, 11) is 1.92. The molecule has 1 aromatic heterocycles. The minimum Gasteiger partial charge on any atom is -0.435 e. The van der Waals surface area contributed by atoms with Gasteiger partial charge in [0.2, 0.25) is 0 Å². The Morgan fingerprint density at radius 3 is 2.57 bits per heavy atom. The number of rotatable bonds is 7. The molecular weight excluding hydrogens is 294 g/mol. The molecule has 0 amide bonds. The van der Waals surface area contributed by atoms with Crippen LogP contribution in [0.25, 0.3) is 0 Å². The van der Waals surface area contributed by atoms with Crippen molar-refractivity contribution >= 4 is 11.3 Å². The van der Waals surface area contributed by atoms with E-state index in [2.05, 4.69) is 22.0 Å². The lowest BCUT2D eigenvalue weighted by molar-refractivity contribution is -0.0498. The number of halogens is 2. The van der Waals surface area contributed by atoms with E-state index in [4.69, 9.17) is 0 Å². The Morgan fingerprint density at radius 2 is 2.05 bits per heavy atom. The van der Waals surface area contributed by atoms with Gasteiger partial charge in [-0.15, -0.1) is 11.3 Å². The van der Waals surface area contributed by atoms with E-state index in [1.165, 1.54) is 0 Å². The van der Waals surface area contributed by atoms with Gasteiger partial charge in [-0.3, -0.25) is 0 Å². The SMILES string of the molecule is CNC(C)(CCc1ccc(OC(F)F)cc1)c1nccs1. The molecule has 2 aromatic rings. The Kier molecular flexibility index (Phi) is 5.25. The second-order valence-corrected chi connectivity index (χ2v) is 5.84. The Balaban J connectivity index is 1.98. The van der Waals surface area contributed by atoms with Crippen molar-refractivity contribution in [3.8, 4) is 5.75 Å². The highest BCUT2D eigenvalue weighted by atomic mass is 32.1. The van der Waals surface area contributed by atoms with Crippen LogP contribution in [0, 0.1) is 0 Å². The van der Waals surface area contributed by atoms with Gasteiger partial charge in [0.25, 0.3) is 0 Å². The number of thiazole rings is 1. The van der Waals surface area contributed by atoms with Crippen LogP contribution in [0.3, 0.4) is 0 Å². The zero-order valence-electron chi connectivity index (χ0n) is 12.0. The van der Waals surface area contributed by atoms with Gasteiger partial charge in [-0.05, 0) is 44.5 Å². The number of nitrogens with zero attached hydrogens (tertiary/aromatic N) is 1. The van der Waals surface area contributed by atoms with Crippen LogP contribution in [0.15, 0.2) is 35.8 Å². The highest BCUT2D eigenvalue weighted by molar-refractivity contribution is 7.09. The van der Waals surface area contributed by atoms with Crippen LogP contribution < -0.4 is 10.1 Å². The number of hydrogen-bond donors (Lipinski definition) is 1. The van der Waals surface area contributed by atoms with Crippen molar-refractivity contribution in [3.63, 3.8) is 0 Å². The maximum absolute atomic E-state index is 12.1. The zero-order chi connectivity index (χ0) is 15.3. The lowest BCUT2D eigenvalue weighted by Gasteiger charge is -2.27. The summed E-state index contributed by atoms with van der Waals surface area (Å²) >= 11 is 1.62. The van der Waals surface area contributed by atoms with Gasteiger partial charge < -0.3 is 10.1 Å². The van der Waals surface area contributed by atoms with Gasteiger partial charge in [-0.2, -0.15) is 8.78 Å². The maximum atomic E-state index is 12.1. The van der Waals surface area contributed by atoms with Crippen LogP contribution in [0.4, 0.5) is 8.78 Å². The highest BCUT2D eigenvalue weighted by Gasteiger charge is 2.26. The Bertz CT molecular complexity index is 545. The molecule has 6 heteroatoms. The van der Waals surface area contributed by atoms with Crippen molar-refractivity contribution < 1.29 is 13.5 Å². The molecule has 1 unspecified atom stereocenters. The van der Waals surface area contributed by atoms with E-state index in [0.29, 0.717) is 0 Å². The van der Waals surface area contributed by atoms with E-state index in [0.717, 1.165) is 23.4 Å². The van der Waals surface area contributed by atoms with Crippen molar-refractivity contribution in [1.82, 2.24) is 10.3 Å². The average molecular weight is 312 g/mol. The van der Waals surface area contributed by atoms with Crippen LogP contribution in [0.2, 0.25) is 0 Å². The number of hydrogen-bond acceptors (Lipinski definition) is 4. The molecule has 0 fully saturated rings. The number of alkyl halides is 2. The summed E-state index contributed by atoms with van der Waals surface area (Å²) in [5, 5.41) is 6.32. The summed E-state index contributed by atoms with van der Waals surface area (Å²) in [6.45, 7) is -0.673. The van der Waals surface area contributed by atoms with Gasteiger partial charge in [-0.1, -0.05) is 12.1 Å². The van der Waals surface area contributed by atoms with Crippen molar-refractivity contribution in [3.05, 3.63) is 46.4 Å². The summed E-state index contributed by atoms with van der Waals surface area (Å²) in [4.78, 5) is 4.37. The van der Waals surface area contributed by atoms with E-state index >= 15 is 0 Å². The monoisotopic (exact) mass is 312 g/mol. The minimum absolute atomic E-state index is 0.185. The van der Waals surface area contributed by atoms with Crippen molar-refractivity contribution in [2.45, 2.75) is 31.9 Å². The average Bonchev–Trinajstić information content (AvgIpc) is 3.00. The van der Waals surface area contributed by atoms with Crippen molar-refractivity contribution in [2.24, 2.45) is 0 Å². The molecule has 0 aliphatic carbocycles. The molecule has 0 bridgehead atoms. The largest absolute Gasteiger partial charge is 0.435 e. The fraction of sp³-hybridized carbons (Fsp3) is 0.400. The zero-order valence-corrected chi connectivity index (χ0v) is 12.8. The van der Waals surface area contributed by atoms with Gasteiger partial charge >= 0.3 is 6.61 Å². The second kappa shape index (κ2) is 6.95. The van der Waals surface area contributed by atoms with E-state index in [1.807, 2.05) is 24.6 Å². The van der Waals surface area contributed by atoms with Gasteiger partial charge in [0.15, 0.2) is 0 Å². The molecule has 1 atom stereocenters. The minimum atomic E-state index is -2.78. The van der Waals surface area contributed by atoms with Crippen molar-refractivity contribution in [1.29, 1.82) is 0 Å². The maximum Gasteiger partial charge on any atom is 0.387 e. The van der Waals surface area contributed by atoms with E-state index in [-0.39, 0.29) is 11.3 Å². The normalized spacial score (nSPS) is 14.1. The van der Waals surface area contributed by atoms with Crippen LogP contribution in [0.5, 0.6) is 5.75 Å². The number of ether oxygens (including phenoxy) is 1. The van der Waals surface area contributed by atoms with Gasteiger partial charge in [0.05, 0.1) is 5.54 Å². The van der Waals surface area contributed by atoms with Crippen LogP contribution in [-0.2, 0) is 12.0 Å². The Hall–Kier alpha value is -1.53. The highest BCUT2D eigenvalue weighted by Crippen LogP contribution is 2.28. The third kappa shape index (κ3) is 4.22. The first-order valence-corrected chi connectivity index (χ1v) is 7.54. The molecule has 0 saturated carbocycles. The van der Waals surface area contributed by atoms with Crippen molar-refractivity contribution in [2.75, 3.05) is 7.05 Å². The molecule has 1 N–H and O–H groups in total. The molecule has 0 aliphatic rings. The summed E-state index contributed by atoms with van der Waals surface area (Å²) < 4.78 is 28.5. The molecule has 0 saturated heterocycles. The molecule has 2 rings (SSSR count). The number of aromatic nitrogens is 1. The quantitative estimate of drug-likeness (QED) is 0.844. The third-order valence-corrected chi connectivity index (χ3v) is 4.56. The first kappa shape index (κ1) is 15.9. The van der Waals surface area contributed by atoms with Crippen LogP contribution in [-0.4, -0.2) is 18.6 Å². The Labute approximate surface area is 127 Å². The second-order valence-electron chi connectivity index (χ2n) is 4.94. The topological polar surface area (TPSA) is 34.1 Å². The molecule has 3 nitrogen and oxygen atoms in total. The lowest BCUT2D eigenvalue weighted by Crippen LogP contribution is -2.37. The standard InChI is InChI=1S/C15H18F2N2OS/c1-15(18-2,13-19-9-10-21-13)8-7-11-3-5-12(6-4-11)20-14(16)17/h3-6,9-10,14,18H,7-8H2,1-2H3. The molecule has 21 heavy (non-hydrogen) atoms. The van der Waals surface area contributed by atoms with E-state index in [1.54, 1.807) is 29.7 Å². The fourth-order valence-electron chi connectivity index (χ4n) is 2.07. The first-order valence-electron chi connectivity index (χ1n) is 6.66. The van der Waals surface area contributed by atoms with Gasteiger partial charge in [0, 0.05) is 11.6 Å².